The van der Waals surface area contributed by atoms with Crippen LogP contribution in [-0.4, -0.2) is 24.3 Å². The quantitative estimate of drug-likeness (QED) is 0.899. The van der Waals surface area contributed by atoms with Crippen LogP contribution in [0.1, 0.15) is 32.4 Å². The lowest BCUT2D eigenvalue weighted by Gasteiger charge is -2.29. The molecule has 0 saturated heterocycles. The number of rotatable bonds is 4. The molecule has 96 valence electrons. The molecular formula is C13H21BrN2O. The minimum absolute atomic E-state index is 0.0256. The van der Waals surface area contributed by atoms with Crippen molar-refractivity contribution in [3.05, 3.63) is 28.2 Å². The summed E-state index contributed by atoms with van der Waals surface area (Å²) in [7, 11) is 1.96. The summed E-state index contributed by atoms with van der Waals surface area (Å²) in [6.45, 7) is 6.12. The summed E-state index contributed by atoms with van der Waals surface area (Å²) in [4.78, 5) is 2.03. The Labute approximate surface area is 112 Å². The summed E-state index contributed by atoms with van der Waals surface area (Å²) in [6.07, 6.45) is 0. The van der Waals surface area contributed by atoms with Gasteiger partial charge in [-0.3, -0.25) is 0 Å². The van der Waals surface area contributed by atoms with Gasteiger partial charge in [-0.1, -0.05) is 22.0 Å². The lowest BCUT2D eigenvalue weighted by Crippen LogP contribution is -2.37. The number of anilines is 1. The van der Waals surface area contributed by atoms with Gasteiger partial charge in [-0.15, -0.1) is 0 Å². The summed E-state index contributed by atoms with van der Waals surface area (Å²) in [6, 6.07) is 6.01. The van der Waals surface area contributed by atoms with E-state index in [0.717, 1.165) is 15.7 Å². The van der Waals surface area contributed by atoms with E-state index in [1.54, 1.807) is 13.8 Å². The van der Waals surface area contributed by atoms with Crippen LogP contribution in [0, 0.1) is 0 Å². The van der Waals surface area contributed by atoms with Gasteiger partial charge in [0.15, 0.2) is 0 Å². The zero-order valence-electron chi connectivity index (χ0n) is 10.9. The predicted molar refractivity (Wildman–Crippen MR) is 76.3 cm³/mol. The summed E-state index contributed by atoms with van der Waals surface area (Å²) < 4.78 is 1.01. The van der Waals surface area contributed by atoms with E-state index < -0.39 is 5.60 Å². The summed E-state index contributed by atoms with van der Waals surface area (Å²) in [5.74, 6) is 0. The zero-order chi connectivity index (χ0) is 13.2. The molecule has 3 N–H and O–H groups in total. The highest BCUT2D eigenvalue weighted by molar-refractivity contribution is 9.10. The molecule has 0 heterocycles. The number of aliphatic hydroxyl groups is 1. The topological polar surface area (TPSA) is 49.5 Å². The minimum Gasteiger partial charge on any atom is -0.389 e. The van der Waals surface area contributed by atoms with Crippen molar-refractivity contribution in [2.45, 2.75) is 32.4 Å². The van der Waals surface area contributed by atoms with E-state index in [9.17, 15) is 5.11 Å². The first-order valence-corrected chi connectivity index (χ1v) is 6.48. The van der Waals surface area contributed by atoms with Gasteiger partial charge in [0, 0.05) is 29.8 Å². The van der Waals surface area contributed by atoms with Gasteiger partial charge in [-0.05, 0) is 38.5 Å². The average Bonchev–Trinajstić information content (AvgIpc) is 2.14. The number of nitrogens with two attached hydrogens (primary N) is 1. The SMILES string of the molecule is CC(N)c1ccc(Br)cc1N(C)CC(C)(C)O. The van der Waals surface area contributed by atoms with Crippen molar-refractivity contribution >= 4 is 21.6 Å². The number of benzene rings is 1. The van der Waals surface area contributed by atoms with E-state index in [1.165, 1.54) is 0 Å². The van der Waals surface area contributed by atoms with Gasteiger partial charge in [0.2, 0.25) is 0 Å². The van der Waals surface area contributed by atoms with Crippen LogP contribution in [0.25, 0.3) is 0 Å². The monoisotopic (exact) mass is 300 g/mol. The van der Waals surface area contributed by atoms with Crippen LogP contribution in [0.2, 0.25) is 0 Å². The van der Waals surface area contributed by atoms with E-state index in [2.05, 4.69) is 15.9 Å². The predicted octanol–water partition coefficient (Wildman–Crippen LogP) is 2.68. The van der Waals surface area contributed by atoms with Crippen LogP contribution in [0.3, 0.4) is 0 Å². The maximum atomic E-state index is 9.86. The summed E-state index contributed by atoms with van der Waals surface area (Å²) in [5, 5.41) is 9.86. The fourth-order valence-electron chi connectivity index (χ4n) is 1.90. The Kier molecular flexibility index (Phi) is 4.58. The first-order valence-electron chi connectivity index (χ1n) is 5.69. The number of hydrogen-bond donors (Lipinski definition) is 2. The molecule has 1 unspecified atom stereocenters. The summed E-state index contributed by atoms with van der Waals surface area (Å²) in [5.41, 5.74) is 7.37. The first kappa shape index (κ1) is 14.5. The molecule has 1 atom stereocenters. The van der Waals surface area contributed by atoms with Gasteiger partial charge in [0.05, 0.1) is 5.60 Å². The van der Waals surface area contributed by atoms with Crippen LogP contribution in [0.5, 0.6) is 0 Å². The molecule has 0 bridgehead atoms. The molecule has 0 aliphatic heterocycles. The fourth-order valence-corrected chi connectivity index (χ4v) is 2.25. The normalized spacial score (nSPS) is 13.6. The third kappa shape index (κ3) is 4.30. The van der Waals surface area contributed by atoms with E-state index in [-0.39, 0.29) is 6.04 Å². The highest BCUT2D eigenvalue weighted by Crippen LogP contribution is 2.28. The molecule has 3 nitrogen and oxygen atoms in total. The Morgan fingerprint density at radius 1 is 1.47 bits per heavy atom. The number of hydrogen-bond acceptors (Lipinski definition) is 3. The average molecular weight is 301 g/mol. The van der Waals surface area contributed by atoms with Gasteiger partial charge in [0.25, 0.3) is 0 Å². The molecular weight excluding hydrogens is 280 g/mol. The fraction of sp³-hybridized carbons (Fsp3) is 0.538. The van der Waals surface area contributed by atoms with E-state index in [4.69, 9.17) is 5.73 Å². The number of likely N-dealkylation sites (N-methyl/N-ethyl adjacent to an activating group) is 1. The maximum Gasteiger partial charge on any atom is 0.0765 e. The molecule has 1 aromatic rings. The van der Waals surface area contributed by atoms with Crippen LogP contribution < -0.4 is 10.6 Å². The van der Waals surface area contributed by atoms with E-state index >= 15 is 0 Å². The molecule has 0 saturated carbocycles. The Hall–Kier alpha value is -0.580. The number of nitrogens with zero attached hydrogens (tertiary/aromatic N) is 1. The number of halogens is 1. The van der Waals surface area contributed by atoms with Crippen molar-refractivity contribution in [3.8, 4) is 0 Å². The van der Waals surface area contributed by atoms with Crippen LogP contribution >= 0.6 is 15.9 Å². The largest absolute Gasteiger partial charge is 0.389 e. The molecule has 17 heavy (non-hydrogen) atoms. The van der Waals surface area contributed by atoms with Gasteiger partial charge in [-0.2, -0.15) is 0 Å². The second-order valence-corrected chi connectivity index (χ2v) is 6.08. The first-order chi connectivity index (χ1) is 7.70. The molecule has 1 rings (SSSR count). The van der Waals surface area contributed by atoms with Gasteiger partial charge >= 0.3 is 0 Å². The molecule has 0 fully saturated rings. The molecule has 1 aromatic carbocycles. The van der Waals surface area contributed by atoms with Crippen LogP contribution in [0.4, 0.5) is 5.69 Å². The standard InChI is InChI=1S/C13H21BrN2O/c1-9(15)11-6-5-10(14)7-12(11)16(4)8-13(2,3)17/h5-7,9,17H,8,15H2,1-4H3. The second-order valence-electron chi connectivity index (χ2n) is 5.16. The van der Waals surface area contributed by atoms with Gasteiger partial charge in [-0.25, -0.2) is 0 Å². The van der Waals surface area contributed by atoms with Gasteiger partial charge < -0.3 is 15.7 Å². The van der Waals surface area contributed by atoms with Crippen molar-refractivity contribution in [2.75, 3.05) is 18.5 Å². The van der Waals surface area contributed by atoms with Crippen LogP contribution in [0.15, 0.2) is 22.7 Å². The Bertz CT molecular complexity index is 385. The van der Waals surface area contributed by atoms with E-state index in [1.807, 2.05) is 37.1 Å². The lowest BCUT2D eigenvalue weighted by atomic mass is 10.0. The molecule has 0 aliphatic carbocycles. The third-order valence-corrected chi connectivity index (χ3v) is 3.01. The van der Waals surface area contributed by atoms with E-state index in [0.29, 0.717) is 6.54 Å². The Balaban J connectivity index is 3.06. The van der Waals surface area contributed by atoms with Gasteiger partial charge in [0.1, 0.15) is 0 Å². The third-order valence-electron chi connectivity index (χ3n) is 2.52. The Morgan fingerprint density at radius 2 is 2.06 bits per heavy atom. The van der Waals surface area contributed by atoms with Crippen molar-refractivity contribution < 1.29 is 5.11 Å². The highest BCUT2D eigenvalue weighted by Gasteiger charge is 2.18. The zero-order valence-corrected chi connectivity index (χ0v) is 12.5. The molecule has 0 amide bonds. The van der Waals surface area contributed by atoms with Crippen LogP contribution in [-0.2, 0) is 0 Å². The van der Waals surface area contributed by atoms with Crippen molar-refractivity contribution in [1.29, 1.82) is 0 Å². The molecule has 0 radical (unpaired) electrons. The molecule has 0 aliphatic rings. The van der Waals surface area contributed by atoms with Crippen molar-refractivity contribution in [1.82, 2.24) is 0 Å². The van der Waals surface area contributed by atoms with Crippen molar-refractivity contribution in [2.24, 2.45) is 5.73 Å². The minimum atomic E-state index is -0.730. The Morgan fingerprint density at radius 3 is 2.53 bits per heavy atom. The van der Waals surface area contributed by atoms with Crippen molar-refractivity contribution in [3.63, 3.8) is 0 Å². The molecule has 4 heteroatoms. The lowest BCUT2D eigenvalue weighted by molar-refractivity contribution is 0.0886. The smallest absolute Gasteiger partial charge is 0.0765 e. The summed E-state index contributed by atoms with van der Waals surface area (Å²) >= 11 is 3.46. The highest BCUT2D eigenvalue weighted by atomic mass is 79.9. The maximum absolute atomic E-state index is 9.86. The molecule has 0 spiro atoms. The molecule has 0 aromatic heterocycles. The second kappa shape index (κ2) is 5.38.